The number of ether oxygens (including phenoxy) is 6. The molecule has 0 aromatic carbocycles. The highest BCUT2D eigenvalue weighted by atomic mass is 16.8. The second-order valence-corrected chi connectivity index (χ2v) is 25.0. The SMILES string of the molecule is CC/C=C\C/C=C\C/C=C\C/C=C\C/C=C\C/C=C\C/C=C\C/C=C\C/C=C\CCCCCCCCCCCCCCCC(=O)NC(COC1OC(CO)C(OC2OC(CO)C(OC3OC(CO)C(O)C(O)C3O)C(O)C2O)C(O)C1O)C(O)/C=C/CC/C=C/CCCCC. The molecule has 1 amide bonds. The van der Waals surface area contributed by atoms with E-state index in [-0.39, 0.29) is 18.9 Å². The second-order valence-electron chi connectivity index (χ2n) is 25.0. The lowest BCUT2D eigenvalue weighted by molar-refractivity contribution is -0.379. The fourth-order valence-electron chi connectivity index (χ4n) is 11.1. The molecule has 0 spiro atoms. The van der Waals surface area contributed by atoms with Gasteiger partial charge in [0.25, 0.3) is 0 Å². The highest BCUT2D eigenvalue weighted by molar-refractivity contribution is 5.76. The minimum absolute atomic E-state index is 0.226. The number of hydrogen-bond acceptors (Lipinski definition) is 18. The zero-order valence-electron chi connectivity index (χ0n) is 57.3. The van der Waals surface area contributed by atoms with Crippen molar-refractivity contribution in [3.8, 4) is 0 Å². The van der Waals surface area contributed by atoms with Crippen LogP contribution in [-0.2, 0) is 33.2 Å². The van der Waals surface area contributed by atoms with Crippen LogP contribution in [0.25, 0.3) is 0 Å². The third kappa shape index (κ3) is 37.1. The molecular formula is C76H125NO18. The van der Waals surface area contributed by atoms with Crippen molar-refractivity contribution in [2.24, 2.45) is 0 Å². The molecule has 0 aliphatic carbocycles. The van der Waals surface area contributed by atoms with Crippen molar-refractivity contribution >= 4 is 5.91 Å². The fraction of sp³-hybridized carbons (Fsp3) is 0.697. The van der Waals surface area contributed by atoms with E-state index in [9.17, 15) is 61.0 Å². The van der Waals surface area contributed by atoms with Gasteiger partial charge in [-0.1, -0.05) is 231 Å². The van der Waals surface area contributed by atoms with E-state index < -0.39 is 124 Å². The van der Waals surface area contributed by atoms with Gasteiger partial charge in [-0.15, -0.1) is 0 Å². The van der Waals surface area contributed by atoms with Crippen LogP contribution in [0.15, 0.2) is 134 Å². The van der Waals surface area contributed by atoms with Crippen LogP contribution in [0.2, 0.25) is 0 Å². The smallest absolute Gasteiger partial charge is 0.220 e. The van der Waals surface area contributed by atoms with Crippen molar-refractivity contribution < 1.29 is 89.4 Å². The van der Waals surface area contributed by atoms with Crippen molar-refractivity contribution in [3.05, 3.63) is 134 Å². The molecule has 0 bridgehead atoms. The molecule has 19 heteroatoms. The number of aliphatic hydroxyl groups is 11. The number of carbonyl (C=O) groups is 1. The van der Waals surface area contributed by atoms with Crippen LogP contribution in [0, 0.1) is 0 Å². The first-order chi connectivity index (χ1) is 46.3. The topological polar surface area (TPSA) is 307 Å². The Hall–Kier alpha value is -4.07. The summed E-state index contributed by atoms with van der Waals surface area (Å²) in [6.45, 7) is 1.50. The van der Waals surface area contributed by atoms with Crippen LogP contribution in [0.4, 0.5) is 0 Å². The fourth-order valence-corrected chi connectivity index (χ4v) is 11.1. The van der Waals surface area contributed by atoms with E-state index in [1.165, 1.54) is 57.8 Å². The first-order valence-electron chi connectivity index (χ1n) is 35.9. The number of nitrogens with one attached hydrogen (secondary N) is 1. The molecule has 0 saturated carbocycles. The van der Waals surface area contributed by atoms with Gasteiger partial charge in [0.05, 0.1) is 38.6 Å². The zero-order chi connectivity index (χ0) is 68.9. The normalized spacial score (nSPS) is 28.0. The average Bonchev–Trinajstić information content (AvgIpc) is 0.797. The van der Waals surface area contributed by atoms with Crippen LogP contribution in [0.3, 0.4) is 0 Å². The molecule has 542 valence electrons. The molecule has 17 unspecified atom stereocenters. The summed E-state index contributed by atoms with van der Waals surface area (Å²) in [5.74, 6) is -0.296. The van der Waals surface area contributed by atoms with Gasteiger partial charge >= 0.3 is 0 Å². The van der Waals surface area contributed by atoms with E-state index in [2.05, 4.69) is 141 Å². The third-order valence-corrected chi connectivity index (χ3v) is 16.9. The maximum Gasteiger partial charge on any atom is 0.220 e. The number of amides is 1. The Morgan fingerprint density at radius 1 is 0.389 bits per heavy atom. The number of aliphatic hydroxyl groups excluding tert-OH is 11. The average molecular weight is 1340 g/mol. The Balaban J connectivity index is 1.29. The minimum Gasteiger partial charge on any atom is -0.394 e. The van der Waals surface area contributed by atoms with Crippen molar-refractivity contribution in [3.63, 3.8) is 0 Å². The molecule has 3 fully saturated rings. The predicted molar refractivity (Wildman–Crippen MR) is 373 cm³/mol. The minimum atomic E-state index is -1.98. The van der Waals surface area contributed by atoms with Gasteiger partial charge in [0.1, 0.15) is 73.2 Å². The summed E-state index contributed by atoms with van der Waals surface area (Å²) in [5.41, 5.74) is 0. The summed E-state index contributed by atoms with van der Waals surface area (Å²) in [4.78, 5) is 13.3. The van der Waals surface area contributed by atoms with Crippen molar-refractivity contribution in [2.75, 3.05) is 26.4 Å². The van der Waals surface area contributed by atoms with Crippen molar-refractivity contribution in [2.45, 2.75) is 311 Å². The summed E-state index contributed by atoms with van der Waals surface area (Å²) < 4.78 is 34.2. The Morgan fingerprint density at radius 3 is 1.18 bits per heavy atom. The lowest BCUT2D eigenvalue weighted by Gasteiger charge is -2.48. The highest BCUT2D eigenvalue weighted by Crippen LogP contribution is 2.33. The number of unbranched alkanes of at least 4 members (excludes halogenated alkanes) is 17. The molecule has 0 radical (unpaired) electrons. The Kier molecular flexibility index (Phi) is 50.0. The zero-order valence-corrected chi connectivity index (χ0v) is 57.3. The van der Waals surface area contributed by atoms with Gasteiger partial charge in [-0.2, -0.15) is 0 Å². The van der Waals surface area contributed by atoms with E-state index in [0.29, 0.717) is 12.8 Å². The molecule has 3 saturated heterocycles. The van der Waals surface area contributed by atoms with Gasteiger partial charge in [0, 0.05) is 6.42 Å². The van der Waals surface area contributed by atoms with Crippen LogP contribution >= 0.6 is 0 Å². The van der Waals surface area contributed by atoms with Crippen LogP contribution in [-0.4, -0.2) is 193 Å². The third-order valence-electron chi connectivity index (χ3n) is 16.9. The number of allylic oxidation sites excluding steroid dienone is 21. The molecular weight excluding hydrogens is 1210 g/mol. The first-order valence-corrected chi connectivity index (χ1v) is 35.9. The van der Waals surface area contributed by atoms with E-state index in [4.69, 9.17) is 28.4 Å². The molecule has 3 aliphatic heterocycles. The van der Waals surface area contributed by atoms with E-state index in [1.54, 1.807) is 6.08 Å². The van der Waals surface area contributed by atoms with Gasteiger partial charge in [0.2, 0.25) is 5.91 Å². The highest BCUT2D eigenvalue weighted by Gasteiger charge is 2.53. The van der Waals surface area contributed by atoms with Gasteiger partial charge in [-0.25, -0.2) is 0 Å². The molecule has 19 nitrogen and oxygen atoms in total. The summed E-state index contributed by atoms with van der Waals surface area (Å²) in [5, 5.41) is 120. The van der Waals surface area contributed by atoms with E-state index in [1.807, 2.05) is 6.08 Å². The Morgan fingerprint density at radius 2 is 0.737 bits per heavy atom. The maximum absolute atomic E-state index is 13.3. The molecule has 0 aromatic rings. The van der Waals surface area contributed by atoms with Crippen LogP contribution in [0.5, 0.6) is 0 Å². The lowest BCUT2D eigenvalue weighted by Crippen LogP contribution is -2.66. The Labute approximate surface area is 569 Å². The summed E-state index contributed by atoms with van der Waals surface area (Å²) >= 11 is 0. The Bertz CT molecular complexity index is 2240. The number of rotatable bonds is 53. The number of hydrogen-bond donors (Lipinski definition) is 12. The summed E-state index contributed by atoms with van der Waals surface area (Å²) in [6, 6.07) is -0.996. The lowest BCUT2D eigenvalue weighted by atomic mass is 9.96. The molecule has 3 aliphatic rings. The van der Waals surface area contributed by atoms with Crippen LogP contribution < -0.4 is 5.32 Å². The van der Waals surface area contributed by atoms with E-state index >= 15 is 0 Å². The molecule has 12 N–H and O–H groups in total. The van der Waals surface area contributed by atoms with E-state index in [0.717, 1.165) is 116 Å². The van der Waals surface area contributed by atoms with Crippen molar-refractivity contribution in [1.29, 1.82) is 0 Å². The summed E-state index contributed by atoms with van der Waals surface area (Å²) in [7, 11) is 0. The van der Waals surface area contributed by atoms with Crippen LogP contribution in [0.1, 0.15) is 206 Å². The second kappa shape index (κ2) is 55.8. The van der Waals surface area contributed by atoms with Gasteiger partial charge < -0.3 is 89.9 Å². The quantitative estimate of drug-likeness (QED) is 0.0199. The monoisotopic (exact) mass is 1340 g/mol. The predicted octanol–water partition coefficient (Wildman–Crippen LogP) is 10.2. The standard InChI is InChI=1S/C76H125NO18/c1-3-5-7-9-11-13-14-15-16-17-18-19-20-21-22-23-24-25-26-27-28-29-30-31-32-33-34-35-36-37-38-39-40-41-42-43-44-46-48-50-52-54-64(82)77-59(60(81)53-51-49-47-45-12-10-8-6-4-2)58-90-74-70(88)67(85)72(62(56-79)92-74)95-76-71(89)68(86)73(63(57-80)93-76)94-75-69(87)66(84)65(83)61(55-78)91-75/h5,7,11-13,15-16,18-19,21-22,24-25,27-28,30-31,33-34,45,51,53,59-63,65-76,78-81,83-89H,3-4,6,8-10,14,17,20,23,26,29,32,35-44,46-50,52,54-58H2,1-2H3,(H,77,82)/b7-5-,13-11-,16-15-,19-18-,22-21-,25-24-,28-27-,31-30-,34-33-,45-12+,53-51+. The molecule has 0 aromatic heterocycles. The number of carbonyl (C=O) groups excluding carboxylic acids is 1. The molecule has 17 atom stereocenters. The van der Waals surface area contributed by atoms with Gasteiger partial charge in [0.15, 0.2) is 18.9 Å². The maximum atomic E-state index is 13.3. The van der Waals surface area contributed by atoms with Gasteiger partial charge in [-0.3, -0.25) is 4.79 Å². The summed E-state index contributed by atoms with van der Waals surface area (Å²) in [6.07, 6.45) is 52.0. The largest absolute Gasteiger partial charge is 0.394 e. The van der Waals surface area contributed by atoms with Crippen molar-refractivity contribution in [1.82, 2.24) is 5.32 Å². The van der Waals surface area contributed by atoms with Gasteiger partial charge in [-0.05, 0) is 103 Å². The first kappa shape index (κ1) is 85.2. The molecule has 95 heavy (non-hydrogen) atoms. The molecule has 3 heterocycles. The molecule has 3 rings (SSSR count).